The summed E-state index contributed by atoms with van der Waals surface area (Å²) in [5.41, 5.74) is 0. The standard InChI is InChI=1S/C5H10N2O5S/c6-13(10,11)7-4-2-12-1-3(4)5(8)9/h3-4,7H,1-2H2,(H,8,9)(H2,6,10,11). The average molecular weight is 210 g/mol. The van der Waals surface area contributed by atoms with Crippen LogP contribution >= 0.6 is 0 Å². The van der Waals surface area contributed by atoms with Crippen molar-refractivity contribution in [3.63, 3.8) is 0 Å². The zero-order valence-corrected chi connectivity index (χ0v) is 7.45. The maximum Gasteiger partial charge on any atom is 0.310 e. The van der Waals surface area contributed by atoms with Crippen molar-refractivity contribution in [1.82, 2.24) is 4.72 Å². The van der Waals surface area contributed by atoms with Gasteiger partial charge in [0.2, 0.25) is 0 Å². The van der Waals surface area contributed by atoms with Crippen LogP contribution in [0.5, 0.6) is 0 Å². The molecule has 1 rings (SSSR count). The number of ether oxygens (including phenoxy) is 1. The van der Waals surface area contributed by atoms with Crippen LogP contribution in [0.15, 0.2) is 0 Å². The third-order valence-electron chi connectivity index (χ3n) is 1.71. The van der Waals surface area contributed by atoms with Gasteiger partial charge in [-0.3, -0.25) is 4.79 Å². The number of hydrogen-bond acceptors (Lipinski definition) is 4. The van der Waals surface area contributed by atoms with E-state index in [0.717, 1.165) is 0 Å². The second-order valence-electron chi connectivity index (χ2n) is 2.75. The molecule has 0 aromatic rings. The van der Waals surface area contributed by atoms with Crippen LogP contribution in [0, 0.1) is 5.92 Å². The number of nitrogens with two attached hydrogens (primary N) is 1. The van der Waals surface area contributed by atoms with E-state index < -0.39 is 28.1 Å². The molecule has 7 nitrogen and oxygen atoms in total. The summed E-state index contributed by atoms with van der Waals surface area (Å²) in [4.78, 5) is 10.5. The Morgan fingerprint density at radius 1 is 1.54 bits per heavy atom. The topological polar surface area (TPSA) is 119 Å². The Morgan fingerprint density at radius 2 is 2.15 bits per heavy atom. The van der Waals surface area contributed by atoms with Gasteiger partial charge >= 0.3 is 5.97 Å². The fraction of sp³-hybridized carbons (Fsp3) is 0.800. The summed E-state index contributed by atoms with van der Waals surface area (Å²) < 4.78 is 28.0. The molecule has 8 heteroatoms. The summed E-state index contributed by atoms with van der Waals surface area (Å²) in [5.74, 6) is -1.96. The first-order valence-corrected chi connectivity index (χ1v) is 5.05. The predicted molar refractivity (Wildman–Crippen MR) is 42.0 cm³/mol. The molecule has 13 heavy (non-hydrogen) atoms. The van der Waals surface area contributed by atoms with E-state index in [1.165, 1.54) is 0 Å². The summed E-state index contributed by atoms with van der Waals surface area (Å²) in [7, 11) is -3.87. The molecule has 0 aromatic carbocycles. The first-order valence-electron chi connectivity index (χ1n) is 3.51. The third kappa shape index (κ3) is 2.92. The van der Waals surface area contributed by atoms with Crippen LogP contribution in [-0.2, 0) is 19.7 Å². The third-order valence-corrected chi connectivity index (χ3v) is 2.34. The minimum Gasteiger partial charge on any atom is -0.481 e. The molecule has 0 bridgehead atoms. The van der Waals surface area contributed by atoms with Gasteiger partial charge in [0, 0.05) is 0 Å². The Morgan fingerprint density at radius 3 is 2.62 bits per heavy atom. The molecule has 1 saturated heterocycles. The maximum atomic E-state index is 10.6. The van der Waals surface area contributed by atoms with Gasteiger partial charge in [0.05, 0.1) is 25.2 Å². The fourth-order valence-corrected chi connectivity index (χ4v) is 1.78. The number of carboxylic acid groups (broad SMARTS) is 1. The normalized spacial score (nSPS) is 29.0. The highest BCUT2D eigenvalue weighted by molar-refractivity contribution is 7.87. The van der Waals surface area contributed by atoms with E-state index in [0.29, 0.717) is 0 Å². The molecule has 4 N–H and O–H groups in total. The van der Waals surface area contributed by atoms with Crippen LogP contribution in [0.25, 0.3) is 0 Å². The minimum absolute atomic E-state index is 0.00250. The Bertz CT molecular complexity index is 300. The molecule has 76 valence electrons. The van der Waals surface area contributed by atoms with E-state index in [2.05, 4.69) is 0 Å². The molecule has 0 saturated carbocycles. The van der Waals surface area contributed by atoms with Crippen molar-refractivity contribution >= 4 is 16.2 Å². The largest absolute Gasteiger partial charge is 0.481 e. The van der Waals surface area contributed by atoms with Gasteiger partial charge in [0.1, 0.15) is 0 Å². The van der Waals surface area contributed by atoms with E-state index >= 15 is 0 Å². The van der Waals surface area contributed by atoms with Gasteiger partial charge in [-0.1, -0.05) is 0 Å². The summed E-state index contributed by atoms with van der Waals surface area (Å²) in [5, 5.41) is 13.3. The quantitative estimate of drug-likeness (QED) is 0.492. The Labute approximate surface area is 75.0 Å². The van der Waals surface area contributed by atoms with Gasteiger partial charge < -0.3 is 9.84 Å². The Balaban J connectivity index is 2.64. The van der Waals surface area contributed by atoms with Gasteiger partial charge in [-0.15, -0.1) is 0 Å². The van der Waals surface area contributed by atoms with Gasteiger partial charge in [-0.2, -0.15) is 13.1 Å². The van der Waals surface area contributed by atoms with Gasteiger partial charge in [0.15, 0.2) is 0 Å². The Kier molecular flexibility index (Phi) is 2.86. The van der Waals surface area contributed by atoms with Crippen molar-refractivity contribution in [1.29, 1.82) is 0 Å². The molecule has 1 heterocycles. The average Bonchev–Trinajstić information content (AvgIpc) is 2.31. The molecular weight excluding hydrogens is 200 g/mol. The maximum absolute atomic E-state index is 10.6. The molecule has 0 spiro atoms. The number of hydrogen-bond donors (Lipinski definition) is 3. The van der Waals surface area contributed by atoms with E-state index in [4.69, 9.17) is 15.0 Å². The summed E-state index contributed by atoms with van der Waals surface area (Å²) in [6, 6.07) is -0.771. The van der Waals surface area contributed by atoms with E-state index in [9.17, 15) is 13.2 Å². The Hall–Kier alpha value is -0.700. The first-order chi connectivity index (χ1) is 5.90. The van der Waals surface area contributed by atoms with Crippen molar-refractivity contribution in [2.75, 3.05) is 13.2 Å². The number of aliphatic carboxylic acids is 1. The van der Waals surface area contributed by atoms with Crippen molar-refractivity contribution in [3.05, 3.63) is 0 Å². The molecule has 1 aliphatic heterocycles. The van der Waals surface area contributed by atoms with E-state index in [1.54, 1.807) is 0 Å². The zero-order valence-electron chi connectivity index (χ0n) is 6.63. The highest BCUT2D eigenvalue weighted by atomic mass is 32.2. The van der Waals surface area contributed by atoms with Crippen LogP contribution in [-0.4, -0.2) is 38.7 Å². The lowest BCUT2D eigenvalue weighted by atomic mass is 10.1. The second kappa shape index (κ2) is 3.58. The lowest BCUT2D eigenvalue weighted by Crippen LogP contribution is -2.45. The summed E-state index contributed by atoms with van der Waals surface area (Å²) in [6.45, 7) is 0.0376. The molecule has 2 unspecified atom stereocenters. The van der Waals surface area contributed by atoms with Crippen molar-refractivity contribution in [2.24, 2.45) is 11.1 Å². The molecular formula is C5H10N2O5S. The summed E-state index contributed by atoms with van der Waals surface area (Å²) in [6.07, 6.45) is 0. The molecule has 0 radical (unpaired) electrons. The monoisotopic (exact) mass is 210 g/mol. The number of rotatable bonds is 3. The smallest absolute Gasteiger partial charge is 0.310 e. The van der Waals surface area contributed by atoms with Gasteiger partial charge in [-0.05, 0) is 0 Å². The molecule has 0 aromatic heterocycles. The molecule has 1 fully saturated rings. The zero-order chi connectivity index (χ0) is 10.1. The van der Waals surface area contributed by atoms with E-state index in [1.807, 2.05) is 4.72 Å². The first kappa shape index (κ1) is 10.4. The fourth-order valence-electron chi connectivity index (χ4n) is 1.12. The lowest BCUT2D eigenvalue weighted by molar-refractivity contribution is -0.142. The number of carbonyl (C=O) groups is 1. The minimum atomic E-state index is -3.87. The van der Waals surface area contributed by atoms with Crippen LogP contribution < -0.4 is 9.86 Å². The number of nitrogens with one attached hydrogen (secondary N) is 1. The molecule has 0 aliphatic carbocycles. The van der Waals surface area contributed by atoms with Crippen LogP contribution in [0.2, 0.25) is 0 Å². The SMILES string of the molecule is NS(=O)(=O)NC1COCC1C(=O)O. The van der Waals surface area contributed by atoms with Crippen LogP contribution in [0.4, 0.5) is 0 Å². The highest BCUT2D eigenvalue weighted by Crippen LogP contribution is 2.13. The van der Waals surface area contributed by atoms with Crippen molar-refractivity contribution < 1.29 is 23.1 Å². The molecule has 1 aliphatic rings. The van der Waals surface area contributed by atoms with Crippen LogP contribution in [0.1, 0.15) is 0 Å². The molecule has 0 amide bonds. The van der Waals surface area contributed by atoms with Crippen LogP contribution in [0.3, 0.4) is 0 Å². The lowest BCUT2D eigenvalue weighted by Gasteiger charge is -2.12. The summed E-state index contributed by atoms with van der Waals surface area (Å²) >= 11 is 0. The predicted octanol–water partition coefficient (Wildman–Crippen LogP) is -2.12. The van der Waals surface area contributed by atoms with Gasteiger partial charge in [0.25, 0.3) is 10.2 Å². The second-order valence-corrected chi connectivity index (χ2v) is 4.08. The highest BCUT2D eigenvalue weighted by Gasteiger charge is 2.35. The number of carboxylic acids is 1. The molecule has 2 atom stereocenters. The van der Waals surface area contributed by atoms with Crippen molar-refractivity contribution in [2.45, 2.75) is 6.04 Å². The van der Waals surface area contributed by atoms with Gasteiger partial charge in [-0.25, -0.2) is 5.14 Å². The van der Waals surface area contributed by atoms with E-state index in [-0.39, 0.29) is 13.2 Å². The van der Waals surface area contributed by atoms with Crippen molar-refractivity contribution in [3.8, 4) is 0 Å².